The van der Waals surface area contributed by atoms with Crippen molar-refractivity contribution >= 4 is 5.97 Å². The number of pyridine rings is 1. The molecule has 1 aromatic heterocycles. The Hall–Kier alpha value is -1.45. The van der Waals surface area contributed by atoms with E-state index in [9.17, 15) is 9.18 Å². The van der Waals surface area contributed by atoms with Crippen molar-refractivity contribution in [2.75, 3.05) is 0 Å². The van der Waals surface area contributed by atoms with Crippen LogP contribution in [0, 0.1) is 11.7 Å². The maximum atomic E-state index is 13.3. The molecule has 0 N–H and O–H groups in total. The topological polar surface area (TPSA) is 39.2 Å². The first-order valence-corrected chi connectivity index (χ1v) is 5.97. The summed E-state index contributed by atoms with van der Waals surface area (Å²) in [6.45, 7) is 2.20. The lowest BCUT2D eigenvalue weighted by atomic mass is 9.89. The zero-order valence-corrected chi connectivity index (χ0v) is 9.86. The number of aromatic nitrogens is 1. The van der Waals surface area contributed by atoms with E-state index in [4.69, 9.17) is 4.74 Å². The fourth-order valence-corrected chi connectivity index (χ4v) is 2.10. The maximum absolute atomic E-state index is 13.3. The van der Waals surface area contributed by atoms with E-state index in [0.717, 1.165) is 31.9 Å². The molecule has 0 bridgehead atoms. The van der Waals surface area contributed by atoms with Crippen molar-refractivity contribution in [2.24, 2.45) is 5.92 Å². The van der Waals surface area contributed by atoms with Gasteiger partial charge >= 0.3 is 5.97 Å². The van der Waals surface area contributed by atoms with E-state index in [2.05, 4.69) is 11.9 Å². The van der Waals surface area contributed by atoms with Gasteiger partial charge in [0.05, 0.1) is 11.8 Å². The minimum atomic E-state index is -0.623. The molecular formula is C13H16FNO2. The molecule has 0 atom stereocenters. The summed E-state index contributed by atoms with van der Waals surface area (Å²) >= 11 is 0. The van der Waals surface area contributed by atoms with Crippen LogP contribution in [0.1, 0.15) is 43.0 Å². The van der Waals surface area contributed by atoms with Crippen molar-refractivity contribution in [2.45, 2.75) is 38.7 Å². The summed E-state index contributed by atoms with van der Waals surface area (Å²) in [4.78, 5) is 15.3. The highest BCUT2D eigenvalue weighted by atomic mass is 19.1. The number of rotatable bonds is 2. The number of hydrogen-bond donors (Lipinski definition) is 0. The SMILES string of the molecule is CC1CCC(OC(=O)c2ccncc2F)CC1. The van der Waals surface area contributed by atoms with E-state index in [1.165, 1.54) is 12.3 Å². The van der Waals surface area contributed by atoms with Gasteiger partial charge < -0.3 is 4.74 Å². The molecule has 0 amide bonds. The van der Waals surface area contributed by atoms with Crippen LogP contribution in [0.4, 0.5) is 4.39 Å². The van der Waals surface area contributed by atoms with Gasteiger partial charge in [0.1, 0.15) is 6.10 Å². The highest BCUT2D eigenvalue weighted by Gasteiger charge is 2.23. The van der Waals surface area contributed by atoms with Crippen LogP contribution in [0.3, 0.4) is 0 Å². The third-order valence-corrected chi connectivity index (χ3v) is 3.23. The average molecular weight is 237 g/mol. The Morgan fingerprint density at radius 1 is 1.41 bits per heavy atom. The molecule has 0 aromatic carbocycles. The van der Waals surface area contributed by atoms with Crippen LogP contribution in [-0.4, -0.2) is 17.1 Å². The number of carbonyl (C=O) groups is 1. The molecule has 1 heterocycles. The van der Waals surface area contributed by atoms with Crippen molar-refractivity contribution < 1.29 is 13.9 Å². The molecule has 0 unspecified atom stereocenters. The van der Waals surface area contributed by atoms with E-state index < -0.39 is 11.8 Å². The Labute approximate surface area is 100 Å². The van der Waals surface area contributed by atoms with Crippen LogP contribution < -0.4 is 0 Å². The van der Waals surface area contributed by atoms with Gasteiger partial charge in [0, 0.05) is 6.20 Å². The van der Waals surface area contributed by atoms with Gasteiger partial charge in [-0.25, -0.2) is 9.18 Å². The van der Waals surface area contributed by atoms with Gasteiger partial charge in [0.2, 0.25) is 0 Å². The number of hydrogen-bond acceptors (Lipinski definition) is 3. The summed E-state index contributed by atoms with van der Waals surface area (Å²) in [5.74, 6) is -0.506. The second kappa shape index (κ2) is 5.25. The van der Waals surface area contributed by atoms with E-state index in [0.29, 0.717) is 5.92 Å². The first-order valence-electron chi connectivity index (χ1n) is 5.97. The van der Waals surface area contributed by atoms with Gasteiger partial charge in [0.25, 0.3) is 0 Å². The number of halogens is 1. The van der Waals surface area contributed by atoms with E-state index in [1.807, 2.05) is 0 Å². The standard InChI is InChI=1S/C13H16FNO2/c1-9-2-4-10(5-3-9)17-13(16)11-6-7-15-8-12(11)14/h6-10H,2-5H2,1H3. The monoisotopic (exact) mass is 237 g/mol. The molecule has 1 aromatic rings. The molecule has 1 fully saturated rings. The second-order valence-electron chi connectivity index (χ2n) is 4.64. The molecule has 4 heteroatoms. The number of nitrogens with zero attached hydrogens (tertiary/aromatic N) is 1. The molecule has 0 saturated heterocycles. The zero-order chi connectivity index (χ0) is 12.3. The summed E-state index contributed by atoms with van der Waals surface area (Å²) in [7, 11) is 0. The van der Waals surface area contributed by atoms with Crippen molar-refractivity contribution in [3.05, 3.63) is 29.8 Å². The molecule has 17 heavy (non-hydrogen) atoms. The lowest BCUT2D eigenvalue weighted by Gasteiger charge is -2.25. The van der Waals surface area contributed by atoms with Crippen molar-refractivity contribution in [1.82, 2.24) is 4.98 Å². The van der Waals surface area contributed by atoms with Crippen LogP contribution >= 0.6 is 0 Å². The third kappa shape index (κ3) is 3.02. The average Bonchev–Trinajstić information content (AvgIpc) is 2.32. The molecule has 0 aliphatic heterocycles. The van der Waals surface area contributed by atoms with Gasteiger partial charge in [0.15, 0.2) is 5.82 Å². The molecule has 0 radical (unpaired) electrons. The van der Waals surface area contributed by atoms with E-state index in [-0.39, 0.29) is 11.7 Å². The Bertz CT molecular complexity index is 400. The minimum Gasteiger partial charge on any atom is -0.459 e. The Morgan fingerprint density at radius 2 is 2.12 bits per heavy atom. The maximum Gasteiger partial charge on any atom is 0.341 e. The Kier molecular flexibility index (Phi) is 3.71. The van der Waals surface area contributed by atoms with Crippen LogP contribution in [0.5, 0.6) is 0 Å². The highest BCUT2D eigenvalue weighted by Crippen LogP contribution is 2.26. The number of ether oxygens (including phenoxy) is 1. The molecule has 1 saturated carbocycles. The Morgan fingerprint density at radius 3 is 2.76 bits per heavy atom. The first-order chi connectivity index (χ1) is 8.16. The lowest BCUT2D eigenvalue weighted by Crippen LogP contribution is -2.24. The first kappa shape index (κ1) is 12.0. The molecule has 2 rings (SSSR count). The summed E-state index contributed by atoms with van der Waals surface area (Å²) < 4.78 is 18.6. The van der Waals surface area contributed by atoms with Gasteiger partial charge in [-0.05, 0) is 37.7 Å². The number of esters is 1. The zero-order valence-electron chi connectivity index (χ0n) is 9.86. The molecule has 3 nitrogen and oxygen atoms in total. The Balaban J connectivity index is 1.96. The van der Waals surface area contributed by atoms with Crippen molar-refractivity contribution in [3.63, 3.8) is 0 Å². The summed E-state index contributed by atoms with van der Waals surface area (Å²) in [5, 5.41) is 0. The largest absolute Gasteiger partial charge is 0.459 e. The molecule has 0 spiro atoms. The molecule has 1 aliphatic rings. The fourth-order valence-electron chi connectivity index (χ4n) is 2.10. The van der Waals surface area contributed by atoms with Gasteiger partial charge in [-0.2, -0.15) is 0 Å². The van der Waals surface area contributed by atoms with Gasteiger partial charge in [-0.3, -0.25) is 4.98 Å². The summed E-state index contributed by atoms with van der Waals surface area (Å²) in [6, 6.07) is 1.35. The molecule has 1 aliphatic carbocycles. The smallest absolute Gasteiger partial charge is 0.341 e. The fraction of sp³-hybridized carbons (Fsp3) is 0.538. The molecular weight excluding hydrogens is 221 g/mol. The third-order valence-electron chi connectivity index (χ3n) is 3.23. The summed E-state index contributed by atoms with van der Waals surface area (Å²) in [5.41, 5.74) is -0.0291. The summed E-state index contributed by atoms with van der Waals surface area (Å²) in [6.07, 6.45) is 6.24. The van der Waals surface area contributed by atoms with Gasteiger partial charge in [-0.1, -0.05) is 6.92 Å². The van der Waals surface area contributed by atoms with Gasteiger partial charge in [-0.15, -0.1) is 0 Å². The minimum absolute atomic E-state index is 0.0291. The van der Waals surface area contributed by atoms with Crippen LogP contribution in [0.25, 0.3) is 0 Å². The van der Waals surface area contributed by atoms with E-state index >= 15 is 0 Å². The predicted molar refractivity (Wildman–Crippen MR) is 61.0 cm³/mol. The molecule has 92 valence electrons. The van der Waals surface area contributed by atoms with Crippen LogP contribution in [0.2, 0.25) is 0 Å². The normalized spacial score (nSPS) is 24.4. The van der Waals surface area contributed by atoms with Crippen molar-refractivity contribution in [3.8, 4) is 0 Å². The van der Waals surface area contributed by atoms with Crippen molar-refractivity contribution in [1.29, 1.82) is 0 Å². The number of carbonyl (C=O) groups excluding carboxylic acids is 1. The van der Waals surface area contributed by atoms with E-state index in [1.54, 1.807) is 0 Å². The quantitative estimate of drug-likeness (QED) is 0.742. The lowest BCUT2D eigenvalue weighted by molar-refractivity contribution is 0.0169. The highest BCUT2D eigenvalue weighted by molar-refractivity contribution is 5.89. The second-order valence-corrected chi connectivity index (χ2v) is 4.64. The predicted octanol–water partition coefficient (Wildman–Crippen LogP) is 2.96. The van der Waals surface area contributed by atoms with Crippen LogP contribution in [-0.2, 0) is 4.74 Å². The van der Waals surface area contributed by atoms with Crippen LogP contribution in [0.15, 0.2) is 18.5 Å².